The molecule has 0 spiro atoms. The zero-order valence-electron chi connectivity index (χ0n) is 23.6. The molecule has 3 aliphatic rings. The number of carbonyl (C=O) groups excluding carboxylic acids is 1. The van der Waals surface area contributed by atoms with Crippen molar-refractivity contribution in [2.24, 2.45) is 0 Å². The molecule has 0 saturated carbocycles. The van der Waals surface area contributed by atoms with Gasteiger partial charge in [-0.15, -0.1) is 11.3 Å². The fraction of sp³-hybridized carbons (Fsp3) is 0.464. The number of thiophene rings is 1. The van der Waals surface area contributed by atoms with E-state index in [0.717, 1.165) is 37.0 Å². The zero-order valence-corrected chi connectivity index (χ0v) is 25.2. The van der Waals surface area contributed by atoms with Gasteiger partial charge in [-0.3, -0.25) is 4.79 Å². The monoisotopic (exact) mass is 636 g/mol. The third-order valence-electron chi connectivity index (χ3n) is 7.93. The van der Waals surface area contributed by atoms with Gasteiger partial charge in [0.05, 0.1) is 40.5 Å². The van der Waals surface area contributed by atoms with Crippen molar-refractivity contribution in [1.29, 1.82) is 0 Å². The van der Waals surface area contributed by atoms with Gasteiger partial charge < -0.3 is 25.2 Å². The van der Waals surface area contributed by atoms with Crippen molar-refractivity contribution in [1.82, 2.24) is 20.2 Å². The number of nitrogens with one attached hydrogen (secondary N) is 2. The summed E-state index contributed by atoms with van der Waals surface area (Å²) < 4.78 is 73.8. The first-order valence-electron chi connectivity index (χ1n) is 14.0. The Kier molecular flexibility index (Phi) is 7.85. The van der Waals surface area contributed by atoms with Crippen LogP contribution in [-0.4, -0.2) is 86.4 Å². The lowest BCUT2D eigenvalue weighted by atomic mass is 10.1. The van der Waals surface area contributed by atoms with Gasteiger partial charge in [0.15, 0.2) is 9.84 Å². The molecule has 3 aliphatic heterocycles. The van der Waals surface area contributed by atoms with Crippen LogP contribution in [0.25, 0.3) is 10.6 Å². The van der Waals surface area contributed by atoms with E-state index in [4.69, 9.17) is 4.74 Å². The minimum Gasteiger partial charge on any atom is -0.377 e. The summed E-state index contributed by atoms with van der Waals surface area (Å²) in [6, 6.07) is 7.08. The molecule has 10 nitrogen and oxygen atoms in total. The SMILES string of the molecule is CCc1cc(N2CCN[C@H](C)C2)ccc1Nc1ncc(C(F)(F)F)c(-c2cc3c(s2)C(=O)N(C2COC2)CCS3(=O)=O)n1. The summed E-state index contributed by atoms with van der Waals surface area (Å²) >= 11 is 0.699. The molecule has 5 heterocycles. The zero-order chi connectivity index (χ0) is 30.5. The molecule has 230 valence electrons. The number of carbonyl (C=O) groups is 1. The number of benzene rings is 1. The molecule has 15 heteroatoms. The number of aromatic nitrogens is 2. The molecule has 2 N–H and O–H groups in total. The number of halogens is 3. The molecule has 0 radical (unpaired) electrons. The number of ether oxygens (including phenoxy) is 1. The van der Waals surface area contributed by atoms with Crippen molar-refractivity contribution in [2.45, 2.75) is 43.4 Å². The number of nitrogens with zero attached hydrogens (tertiary/aromatic N) is 4. The highest BCUT2D eigenvalue weighted by Gasteiger charge is 2.41. The van der Waals surface area contributed by atoms with Crippen LogP contribution < -0.4 is 15.5 Å². The number of hydrogen-bond acceptors (Lipinski definition) is 10. The summed E-state index contributed by atoms with van der Waals surface area (Å²) in [5, 5.41) is 6.48. The van der Waals surface area contributed by atoms with Crippen LogP contribution in [-0.2, 0) is 27.2 Å². The number of fused-ring (bicyclic) bond motifs is 1. The average Bonchev–Trinajstić information content (AvgIpc) is 3.37. The van der Waals surface area contributed by atoms with E-state index >= 15 is 0 Å². The molecule has 0 aliphatic carbocycles. The molecule has 2 saturated heterocycles. The number of hydrogen-bond donors (Lipinski definition) is 2. The molecule has 1 amide bonds. The van der Waals surface area contributed by atoms with Crippen molar-refractivity contribution >= 4 is 44.4 Å². The Morgan fingerprint density at radius 3 is 2.67 bits per heavy atom. The standard InChI is InChI=1S/C28H31F3N6O4S2/c1-3-17-10-18(36-7-6-32-16(2)13-36)4-5-21(17)34-27-33-12-20(28(29,30)31)24(35-27)22-11-23-25(42-22)26(38)37(19-14-41-15-19)8-9-43(23,39)40/h4-5,10-12,16,19,32H,3,6-9,13-15H2,1-2H3,(H,33,34,35)/t16-/m1/s1. The summed E-state index contributed by atoms with van der Waals surface area (Å²) in [7, 11) is -3.92. The fourth-order valence-electron chi connectivity index (χ4n) is 5.50. The van der Waals surface area contributed by atoms with Gasteiger partial charge in [-0.05, 0) is 43.2 Å². The van der Waals surface area contributed by atoms with E-state index in [-0.39, 0.29) is 52.2 Å². The first kappa shape index (κ1) is 29.8. The molecule has 0 bridgehead atoms. The van der Waals surface area contributed by atoms with Crippen LogP contribution in [0.15, 0.2) is 35.4 Å². The largest absolute Gasteiger partial charge is 0.420 e. The lowest BCUT2D eigenvalue weighted by Crippen LogP contribution is -2.52. The number of piperazine rings is 1. The first-order valence-corrected chi connectivity index (χ1v) is 16.5. The van der Waals surface area contributed by atoms with Crippen LogP contribution in [0.2, 0.25) is 0 Å². The van der Waals surface area contributed by atoms with Crippen LogP contribution in [0.4, 0.5) is 30.5 Å². The van der Waals surface area contributed by atoms with Crippen LogP contribution in [0.3, 0.4) is 0 Å². The Morgan fingerprint density at radius 2 is 2.00 bits per heavy atom. The Labute approximate surface area is 251 Å². The van der Waals surface area contributed by atoms with E-state index < -0.39 is 33.2 Å². The second-order valence-corrected chi connectivity index (χ2v) is 14.0. The van der Waals surface area contributed by atoms with E-state index in [1.807, 2.05) is 19.1 Å². The number of anilines is 3. The van der Waals surface area contributed by atoms with Gasteiger partial charge in [-0.1, -0.05) is 6.92 Å². The summed E-state index contributed by atoms with van der Waals surface area (Å²) in [6.45, 7) is 7.26. The summed E-state index contributed by atoms with van der Waals surface area (Å²) in [5.41, 5.74) is 1.03. The molecule has 1 aromatic carbocycles. The lowest BCUT2D eigenvalue weighted by molar-refractivity contribution is -0.137. The third kappa shape index (κ3) is 5.82. The highest BCUT2D eigenvalue weighted by Crippen LogP contribution is 2.42. The van der Waals surface area contributed by atoms with Crippen molar-refractivity contribution < 1.29 is 31.1 Å². The molecular weight excluding hydrogens is 605 g/mol. The molecule has 0 unspecified atom stereocenters. The summed E-state index contributed by atoms with van der Waals surface area (Å²) in [4.78, 5) is 24.8. The predicted molar refractivity (Wildman–Crippen MR) is 157 cm³/mol. The van der Waals surface area contributed by atoms with Gasteiger partial charge in [-0.2, -0.15) is 13.2 Å². The van der Waals surface area contributed by atoms with Crippen LogP contribution in [0, 0.1) is 0 Å². The number of alkyl halides is 3. The topological polar surface area (TPSA) is 117 Å². The molecule has 43 heavy (non-hydrogen) atoms. The Bertz CT molecular complexity index is 1660. The van der Waals surface area contributed by atoms with Crippen molar-refractivity contribution in [3.63, 3.8) is 0 Å². The van der Waals surface area contributed by atoms with Gasteiger partial charge in [0.2, 0.25) is 5.95 Å². The smallest absolute Gasteiger partial charge is 0.377 e. The van der Waals surface area contributed by atoms with Gasteiger partial charge in [0, 0.05) is 49.8 Å². The maximum Gasteiger partial charge on any atom is 0.420 e. The van der Waals surface area contributed by atoms with Gasteiger partial charge >= 0.3 is 6.18 Å². The minimum atomic E-state index is -4.82. The van der Waals surface area contributed by atoms with Crippen molar-refractivity contribution in [2.75, 3.05) is 55.4 Å². The third-order valence-corrected chi connectivity index (χ3v) is 10.9. The van der Waals surface area contributed by atoms with Crippen molar-refractivity contribution in [3.05, 3.63) is 46.5 Å². The van der Waals surface area contributed by atoms with E-state index in [1.165, 1.54) is 4.90 Å². The second-order valence-electron chi connectivity index (χ2n) is 10.9. The summed E-state index contributed by atoms with van der Waals surface area (Å²) in [6.07, 6.45) is -3.47. The van der Waals surface area contributed by atoms with E-state index in [2.05, 4.69) is 38.5 Å². The van der Waals surface area contributed by atoms with E-state index in [9.17, 15) is 26.4 Å². The number of aryl methyl sites for hydroxylation is 1. The molecule has 1 atom stereocenters. The second kappa shape index (κ2) is 11.3. The maximum atomic E-state index is 14.1. The number of sulfone groups is 1. The first-order chi connectivity index (χ1) is 20.4. The molecule has 2 aromatic heterocycles. The highest BCUT2D eigenvalue weighted by molar-refractivity contribution is 7.91. The highest BCUT2D eigenvalue weighted by atomic mass is 32.2. The van der Waals surface area contributed by atoms with Gasteiger partial charge in [0.25, 0.3) is 5.91 Å². The lowest BCUT2D eigenvalue weighted by Gasteiger charge is -2.36. The molecule has 2 fully saturated rings. The quantitative estimate of drug-likeness (QED) is 0.415. The van der Waals surface area contributed by atoms with Crippen LogP contribution in [0.1, 0.15) is 34.6 Å². The Hall–Kier alpha value is -3.27. The Morgan fingerprint density at radius 1 is 1.21 bits per heavy atom. The van der Waals surface area contributed by atoms with Crippen molar-refractivity contribution in [3.8, 4) is 10.6 Å². The van der Waals surface area contributed by atoms with E-state index in [1.54, 1.807) is 0 Å². The van der Waals surface area contributed by atoms with Gasteiger partial charge in [0.1, 0.15) is 10.4 Å². The van der Waals surface area contributed by atoms with Crippen LogP contribution in [0.5, 0.6) is 0 Å². The maximum absolute atomic E-state index is 14.1. The van der Waals surface area contributed by atoms with Crippen LogP contribution >= 0.6 is 11.3 Å². The fourth-order valence-corrected chi connectivity index (χ4v) is 8.42. The normalized spacial score (nSPS) is 20.9. The Balaban J connectivity index is 1.36. The molecular formula is C28H31F3N6O4S2. The number of rotatable bonds is 6. The average molecular weight is 637 g/mol. The van der Waals surface area contributed by atoms with E-state index in [0.29, 0.717) is 35.7 Å². The van der Waals surface area contributed by atoms with Gasteiger partial charge in [-0.25, -0.2) is 18.4 Å². The molecule has 3 aromatic rings. The number of amides is 1. The minimum absolute atomic E-state index is 0.00642. The molecule has 6 rings (SSSR count). The predicted octanol–water partition coefficient (Wildman–Crippen LogP) is 3.96. The summed E-state index contributed by atoms with van der Waals surface area (Å²) in [5.74, 6) is -0.940.